The second kappa shape index (κ2) is 8.59. The number of carbonyl (C=O) groups excluding carboxylic acids is 1. The fourth-order valence-electron chi connectivity index (χ4n) is 12.8. The largest absolute Gasteiger partial charge is 0.377 e. The highest BCUT2D eigenvalue weighted by Gasteiger charge is 2.73. The van der Waals surface area contributed by atoms with Gasteiger partial charge >= 0.3 is 0 Å². The number of fused-ring (bicyclic) bond motifs is 5. The first kappa shape index (κ1) is 27.9. The lowest BCUT2D eigenvalue weighted by molar-refractivity contribution is -0.236. The van der Waals surface area contributed by atoms with Crippen LogP contribution in [0.4, 0.5) is 0 Å². The van der Waals surface area contributed by atoms with Crippen molar-refractivity contribution < 1.29 is 9.53 Å². The van der Waals surface area contributed by atoms with Crippen molar-refractivity contribution >= 4 is 11.9 Å². The minimum atomic E-state index is -0.360. The number of allylic oxidation sites excluding steroid dienone is 1. The van der Waals surface area contributed by atoms with Crippen molar-refractivity contribution in [2.24, 2.45) is 56.2 Å². The molecular weight excluding hydrogens is 502 g/mol. The van der Waals surface area contributed by atoms with E-state index in [1.165, 1.54) is 44.9 Å². The van der Waals surface area contributed by atoms with Gasteiger partial charge in [-0.05, 0) is 138 Å². The summed E-state index contributed by atoms with van der Waals surface area (Å²) in [5.41, 5.74) is 3.74. The third-order valence-electron chi connectivity index (χ3n) is 15.1. The molecule has 5 aliphatic carbocycles. The first-order valence-electron chi connectivity index (χ1n) is 16.6. The van der Waals surface area contributed by atoms with Gasteiger partial charge in [0.25, 0.3) is 0 Å². The van der Waals surface area contributed by atoms with Gasteiger partial charge in [0.1, 0.15) is 0 Å². The molecule has 7 rings (SSSR count). The summed E-state index contributed by atoms with van der Waals surface area (Å²) < 4.78 is 6.76. The molecule has 0 amide bonds. The van der Waals surface area contributed by atoms with Crippen molar-refractivity contribution in [3.8, 4) is 6.07 Å². The molecule has 1 aromatic carbocycles. The molecule has 1 saturated heterocycles. The summed E-state index contributed by atoms with van der Waals surface area (Å²) in [6.45, 7) is 18.4. The zero-order valence-electron chi connectivity index (χ0n) is 26.6. The van der Waals surface area contributed by atoms with Crippen LogP contribution in [0.1, 0.15) is 117 Å². The summed E-state index contributed by atoms with van der Waals surface area (Å²) in [6, 6.07) is 9.95. The van der Waals surface area contributed by atoms with Crippen LogP contribution < -0.4 is 0 Å². The van der Waals surface area contributed by atoms with E-state index in [4.69, 9.17) is 4.74 Å². The summed E-state index contributed by atoms with van der Waals surface area (Å²) in [5, 5.41) is 9.26. The number of benzene rings is 1. The van der Waals surface area contributed by atoms with Crippen molar-refractivity contribution in [2.75, 3.05) is 6.61 Å². The molecule has 9 atom stereocenters. The van der Waals surface area contributed by atoms with Gasteiger partial charge in [0.05, 0.1) is 24.3 Å². The van der Waals surface area contributed by atoms with Crippen LogP contribution in [0.2, 0.25) is 0 Å². The van der Waals surface area contributed by atoms with Crippen molar-refractivity contribution in [2.45, 2.75) is 112 Å². The molecule has 0 N–H and O–H groups in total. The molecule has 6 aliphatic rings. The number of hydrogen-bond acceptors (Lipinski definition) is 3. The van der Waals surface area contributed by atoms with E-state index in [0.717, 1.165) is 36.5 Å². The standard InChI is InChI=1S/C38H51NO2/c1-33(2)16-18-38-19-17-36(6)27(30(38)32(33)41-23-38)12-13-29-35(5)21-26(20-24-8-10-25(22-39)11-9-24)31(40)34(3,4)28(35)14-15-37(29,36)7/h8-11,20,27-30,32H,12-19,21,23H2,1-7H3/b26-20+/t27?,28?,29?,30?,32-,35+,36-,37-,38-/m1/s1. The van der Waals surface area contributed by atoms with E-state index in [1.807, 2.05) is 24.3 Å². The van der Waals surface area contributed by atoms with Crippen LogP contribution in [0, 0.1) is 67.5 Å². The van der Waals surface area contributed by atoms with E-state index < -0.39 is 0 Å². The van der Waals surface area contributed by atoms with Gasteiger partial charge in [0, 0.05) is 5.41 Å². The number of Topliss-reactive ketones (excluding diaryl/α,β-unsaturated/α-hetero) is 1. The second-order valence-corrected chi connectivity index (χ2v) is 17.4. The summed E-state index contributed by atoms with van der Waals surface area (Å²) >= 11 is 0. The Morgan fingerprint density at radius 3 is 2.27 bits per heavy atom. The molecule has 1 heterocycles. The van der Waals surface area contributed by atoms with E-state index >= 15 is 0 Å². The van der Waals surface area contributed by atoms with Crippen LogP contribution in [-0.4, -0.2) is 18.5 Å². The molecule has 220 valence electrons. The first-order chi connectivity index (χ1) is 19.2. The predicted octanol–water partition coefficient (Wildman–Crippen LogP) is 9.01. The number of nitriles is 1. The fraction of sp³-hybridized carbons (Fsp3) is 0.737. The Labute approximate surface area is 248 Å². The Morgan fingerprint density at radius 1 is 0.854 bits per heavy atom. The lowest BCUT2D eigenvalue weighted by Crippen LogP contribution is -2.67. The Hall–Kier alpha value is -1.92. The van der Waals surface area contributed by atoms with Gasteiger partial charge < -0.3 is 4.74 Å². The molecule has 0 spiro atoms. The van der Waals surface area contributed by atoms with Crippen LogP contribution in [0.25, 0.3) is 6.08 Å². The molecule has 4 unspecified atom stereocenters. The predicted molar refractivity (Wildman–Crippen MR) is 164 cm³/mol. The van der Waals surface area contributed by atoms with Gasteiger partial charge in [-0.15, -0.1) is 0 Å². The Morgan fingerprint density at radius 2 is 1.56 bits per heavy atom. The van der Waals surface area contributed by atoms with Crippen molar-refractivity contribution in [3.05, 3.63) is 41.0 Å². The van der Waals surface area contributed by atoms with E-state index in [9.17, 15) is 10.1 Å². The first-order valence-corrected chi connectivity index (χ1v) is 16.6. The van der Waals surface area contributed by atoms with Crippen LogP contribution in [0.15, 0.2) is 29.8 Å². The lowest BCUT2D eigenvalue weighted by Gasteiger charge is -2.73. The molecular formula is C38H51NO2. The zero-order chi connectivity index (χ0) is 29.2. The summed E-state index contributed by atoms with van der Waals surface area (Å²) in [7, 11) is 0. The third-order valence-corrected chi connectivity index (χ3v) is 15.1. The molecule has 1 aromatic rings. The summed E-state index contributed by atoms with van der Waals surface area (Å²) in [5.74, 6) is 2.84. The fourth-order valence-corrected chi connectivity index (χ4v) is 12.8. The molecule has 1 aliphatic heterocycles. The number of ether oxygens (including phenoxy) is 1. The minimum absolute atomic E-state index is 0.104. The zero-order valence-corrected chi connectivity index (χ0v) is 26.6. The number of ketones is 1. The topological polar surface area (TPSA) is 50.1 Å². The van der Waals surface area contributed by atoms with Crippen LogP contribution in [0.3, 0.4) is 0 Å². The van der Waals surface area contributed by atoms with Gasteiger partial charge in [0.2, 0.25) is 0 Å². The highest BCUT2D eigenvalue weighted by atomic mass is 16.5. The molecule has 0 radical (unpaired) electrons. The maximum atomic E-state index is 14.1. The molecule has 2 bridgehead atoms. The van der Waals surface area contributed by atoms with E-state index in [1.54, 1.807) is 0 Å². The average Bonchev–Trinajstić information content (AvgIpc) is 3.26. The number of carbonyl (C=O) groups is 1. The minimum Gasteiger partial charge on any atom is -0.377 e. The SMILES string of the molecule is CC1(C)C(=O)/C(=C/c2ccc(C#N)cc2)C[C@@]2(C)C1CC[C@]1(C)C2CCC2C3[C@H]4OC[C@@]3(CCC4(C)C)CC[C@]21C. The van der Waals surface area contributed by atoms with Gasteiger partial charge in [-0.25, -0.2) is 0 Å². The molecule has 3 heteroatoms. The van der Waals surface area contributed by atoms with Crippen LogP contribution >= 0.6 is 0 Å². The number of rotatable bonds is 1. The molecule has 0 aromatic heterocycles. The summed E-state index contributed by atoms with van der Waals surface area (Å²) in [6.07, 6.45) is 13.8. The van der Waals surface area contributed by atoms with Gasteiger partial charge in [0.15, 0.2) is 5.78 Å². The van der Waals surface area contributed by atoms with E-state index in [-0.39, 0.29) is 21.7 Å². The second-order valence-electron chi connectivity index (χ2n) is 17.4. The Kier molecular flexibility index (Phi) is 5.84. The summed E-state index contributed by atoms with van der Waals surface area (Å²) in [4.78, 5) is 14.1. The van der Waals surface area contributed by atoms with Crippen LogP contribution in [-0.2, 0) is 9.53 Å². The Balaban J connectivity index is 1.27. The smallest absolute Gasteiger partial charge is 0.164 e. The highest BCUT2D eigenvalue weighted by Crippen LogP contribution is 2.78. The maximum absolute atomic E-state index is 14.1. The Bertz CT molecular complexity index is 1350. The normalized spacial score (nSPS) is 48.4. The van der Waals surface area contributed by atoms with Crippen LogP contribution in [0.5, 0.6) is 0 Å². The quantitative estimate of drug-likeness (QED) is 0.326. The molecule has 41 heavy (non-hydrogen) atoms. The monoisotopic (exact) mass is 553 g/mol. The number of hydrogen-bond donors (Lipinski definition) is 0. The molecule has 3 nitrogen and oxygen atoms in total. The molecule has 5 saturated carbocycles. The van der Waals surface area contributed by atoms with E-state index in [2.05, 4.69) is 60.6 Å². The number of nitrogens with zero attached hydrogens (tertiary/aromatic N) is 1. The van der Waals surface area contributed by atoms with Crippen molar-refractivity contribution in [3.63, 3.8) is 0 Å². The van der Waals surface area contributed by atoms with Crippen molar-refractivity contribution in [1.82, 2.24) is 0 Å². The average molecular weight is 554 g/mol. The van der Waals surface area contributed by atoms with Gasteiger partial charge in [-0.2, -0.15) is 5.26 Å². The van der Waals surface area contributed by atoms with Gasteiger partial charge in [-0.1, -0.05) is 60.6 Å². The molecule has 6 fully saturated rings. The maximum Gasteiger partial charge on any atom is 0.164 e. The lowest BCUT2D eigenvalue weighted by atomic mass is 9.31. The van der Waals surface area contributed by atoms with E-state index in [0.29, 0.717) is 46.0 Å². The van der Waals surface area contributed by atoms with Gasteiger partial charge in [-0.3, -0.25) is 4.79 Å². The highest BCUT2D eigenvalue weighted by molar-refractivity contribution is 6.04. The van der Waals surface area contributed by atoms with Crippen molar-refractivity contribution in [1.29, 1.82) is 5.26 Å². The third kappa shape index (κ3) is 3.50.